The van der Waals surface area contributed by atoms with Gasteiger partial charge in [-0.1, -0.05) is 12.1 Å². The van der Waals surface area contributed by atoms with E-state index in [0.29, 0.717) is 0 Å². The molecule has 2 N–H and O–H groups in total. The molecule has 6 nitrogen and oxygen atoms in total. The van der Waals surface area contributed by atoms with Crippen LogP contribution in [0.4, 0.5) is 10.1 Å². The molecule has 8 heteroatoms. The van der Waals surface area contributed by atoms with Crippen LogP contribution in [-0.2, 0) is 15.6 Å². The average molecular weight is 290 g/mol. The summed E-state index contributed by atoms with van der Waals surface area (Å²) in [5.41, 5.74) is 4.54. The zero-order valence-electron chi connectivity index (χ0n) is 10.4. The van der Waals surface area contributed by atoms with Crippen LogP contribution in [0.25, 0.3) is 0 Å². The van der Waals surface area contributed by atoms with Crippen molar-refractivity contribution in [3.8, 4) is 0 Å². The van der Waals surface area contributed by atoms with Crippen LogP contribution in [0.2, 0.25) is 0 Å². The summed E-state index contributed by atoms with van der Waals surface area (Å²) in [7, 11) is -3.54. The van der Waals surface area contributed by atoms with Gasteiger partial charge in [0.2, 0.25) is 5.82 Å². The second-order valence-electron chi connectivity index (χ2n) is 4.37. The highest BCUT2D eigenvalue weighted by atomic mass is 32.2. The normalized spacial score (nSPS) is 13.2. The number of hydrogen-bond acceptors (Lipinski definition) is 5. The molecule has 0 saturated carbocycles. The Labute approximate surface area is 110 Å². The summed E-state index contributed by atoms with van der Waals surface area (Å²) in [6.45, 7) is 1.67. The second-order valence-corrected chi connectivity index (χ2v) is 6.55. The van der Waals surface area contributed by atoms with Crippen molar-refractivity contribution in [2.24, 2.45) is 5.73 Å². The molecule has 1 aromatic rings. The van der Waals surface area contributed by atoms with Crippen molar-refractivity contribution in [3.05, 3.63) is 39.7 Å². The molecule has 0 saturated heterocycles. The van der Waals surface area contributed by atoms with Crippen LogP contribution in [0.5, 0.6) is 0 Å². The lowest BCUT2D eigenvalue weighted by Gasteiger charge is -2.07. The molecule has 19 heavy (non-hydrogen) atoms. The Morgan fingerprint density at radius 2 is 2.11 bits per heavy atom. The molecular weight excluding hydrogens is 275 g/mol. The number of rotatable bonds is 6. The summed E-state index contributed by atoms with van der Waals surface area (Å²) in [5, 5.41) is 10.6. The lowest BCUT2D eigenvalue weighted by atomic mass is 10.2. The first-order valence-corrected chi connectivity index (χ1v) is 7.43. The third kappa shape index (κ3) is 4.56. The quantitative estimate of drug-likeness (QED) is 0.629. The number of benzene rings is 1. The van der Waals surface area contributed by atoms with Crippen molar-refractivity contribution in [1.29, 1.82) is 0 Å². The van der Waals surface area contributed by atoms with E-state index >= 15 is 0 Å². The van der Waals surface area contributed by atoms with Gasteiger partial charge >= 0.3 is 5.69 Å². The van der Waals surface area contributed by atoms with Crippen LogP contribution < -0.4 is 5.73 Å². The number of nitro groups is 1. The molecule has 106 valence electrons. The summed E-state index contributed by atoms with van der Waals surface area (Å²) in [6, 6.07) is 3.21. The van der Waals surface area contributed by atoms with Gasteiger partial charge in [0.15, 0.2) is 9.84 Å². The summed E-state index contributed by atoms with van der Waals surface area (Å²) in [4.78, 5) is 9.67. The van der Waals surface area contributed by atoms with Gasteiger partial charge in [-0.3, -0.25) is 10.1 Å². The largest absolute Gasteiger partial charge is 0.328 e. The van der Waals surface area contributed by atoms with E-state index in [9.17, 15) is 22.9 Å². The number of hydrogen-bond donors (Lipinski definition) is 1. The van der Waals surface area contributed by atoms with Crippen LogP contribution >= 0.6 is 0 Å². The molecule has 0 heterocycles. The lowest BCUT2D eigenvalue weighted by Crippen LogP contribution is -2.21. The maximum absolute atomic E-state index is 13.7. The molecule has 0 spiro atoms. The minimum absolute atomic E-state index is 0.174. The Balaban J connectivity index is 2.94. The van der Waals surface area contributed by atoms with Crippen molar-refractivity contribution < 1.29 is 17.7 Å². The predicted octanol–water partition coefficient (Wildman–Crippen LogP) is 1.39. The Bertz CT molecular complexity index is 572. The Hall–Kier alpha value is -1.54. The van der Waals surface area contributed by atoms with Gasteiger partial charge in [-0.2, -0.15) is 4.39 Å². The van der Waals surface area contributed by atoms with Gasteiger partial charge in [0, 0.05) is 17.7 Å². The molecule has 0 bridgehead atoms. The molecule has 0 aliphatic carbocycles. The van der Waals surface area contributed by atoms with Crippen LogP contribution in [0.3, 0.4) is 0 Å². The van der Waals surface area contributed by atoms with E-state index in [1.54, 1.807) is 6.92 Å². The van der Waals surface area contributed by atoms with Gasteiger partial charge in [-0.25, -0.2) is 8.42 Å². The van der Waals surface area contributed by atoms with E-state index in [0.717, 1.165) is 6.07 Å². The number of sulfone groups is 1. The number of nitro benzene ring substituents is 1. The Morgan fingerprint density at radius 1 is 1.47 bits per heavy atom. The van der Waals surface area contributed by atoms with Crippen molar-refractivity contribution in [2.45, 2.75) is 25.1 Å². The SMILES string of the molecule is CC(N)CCS(=O)(=O)Cc1cccc([N+](=O)[O-])c1F. The summed E-state index contributed by atoms with van der Waals surface area (Å²) >= 11 is 0. The van der Waals surface area contributed by atoms with Gasteiger partial charge in [-0.05, 0) is 13.3 Å². The maximum atomic E-state index is 13.7. The van der Waals surface area contributed by atoms with Gasteiger partial charge in [0.05, 0.1) is 16.4 Å². The minimum Gasteiger partial charge on any atom is -0.328 e. The smallest absolute Gasteiger partial charge is 0.305 e. The maximum Gasteiger partial charge on any atom is 0.305 e. The summed E-state index contributed by atoms with van der Waals surface area (Å²) < 4.78 is 37.2. The van der Waals surface area contributed by atoms with Crippen molar-refractivity contribution in [3.63, 3.8) is 0 Å². The van der Waals surface area contributed by atoms with Gasteiger partial charge in [0.1, 0.15) is 0 Å². The molecule has 0 amide bonds. The fraction of sp³-hybridized carbons (Fsp3) is 0.455. The summed E-state index contributed by atoms with van der Waals surface area (Å²) in [6.07, 6.45) is 0.263. The second kappa shape index (κ2) is 6.07. The molecule has 0 fully saturated rings. The predicted molar refractivity (Wildman–Crippen MR) is 68.8 cm³/mol. The fourth-order valence-corrected chi connectivity index (χ4v) is 3.07. The first kappa shape index (κ1) is 15.5. The van der Waals surface area contributed by atoms with Gasteiger partial charge < -0.3 is 5.73 Å². The van der Waals surface area contributed by atoms with Crippen molar-refractivity contribution in [1.82, 2.24) is 0 Å². The third-order valence-electron chi connectivity index (χ3n) is 2.51. The zero-order valence-corrected chi connectivity index (χ0v) is 11.2. The highest BCUT2D eigenvalue weighted by Crippen LogP contribution is 2.22. The molecule has 1 atom stereocenters. The molecule has 1 unspecified atom stereocenters. The van der Waals surface area contributed by atoms with Crippen molar-refractivity contribution in [2.75, 3.05) is 5.75 Å². The highest BCUT2D eigenvalue weighted by Gasteiger charge is 2.21. The monoisotopic (exact) mass is 290 g/mol. The van der Waals surface area contributed by atoms with E-state index < -0.39 is 32.0 Å². The first-order valence-electron chi connectivity index (χ1n) is 5.60. The fourth-order valence-electron chi connectivity index (χ4n) is 1.49. The van der Waals surface area contributed by atoms with E-state index in [1.165, 1.54) is 12.1 Å². The molecule has 0 aromatic heterocycles. The van der Waals surface area contributed by atoms with E-state index in [4.69, 9.17) is 5.73 Å². The van der Waals surface area contributed by atoms with Crippen molar-refractivity contribution >= 4 is 15.5 Å². The third-order valence-corrected chi connectivity index (χ3v) is 4.12. The first-order chi connectivity index (χ1) is 8.73. The average Bonchev–Trinajstić information content (AvgIpc) is 2.29. The molecule has 1 rings (SSSR count). The van der Waals surface area contributed by atoms with Crippen LogP contribution in [0, 0.1) is 15.9 Å². The topological polar surface area (TPSA) is 103 Å². The molecule has 0 radical (unpaired) electrons. The minimum atomic E-state index is -3.54. The Morgan fingerprint density at radius 3 is 2.63 bits per heavy atom. The van der Waals surface area contributed by atoms with Gasteiger partial charge in [0.25, 0.3) is 0 Å². The summed E-state index contributed by atoms with van der Waals surface area (Å²) in [5.74, 6) is -1.84. The van der Waals surface area contributed by atoms with E-state index in [2.05, 4.69) is 0 Å². The number of nitrogens with zero attached hydrogens (tertiary/aromatic N) is 1. The molecule has 1 aromatic carbocycles. The van der Waals surface area contributed by atoms with E-state index in [1.807, 2.05) is 0 Å². The standard InChI is InChI=1S/C11H15FN2O4S/c1-8(13)5-6-19(17,18)7-9-3-2-4-10(11(9)12)14(15)16/h2-4,8H,5-7,13H2,1H3. The van der Waals surface area contributed by atoms with Crippen LogP contribution in [0.1, 0.15) is 18.9 Å². The van der Waals surface area contributed by atoms with Crippen LogP contribution in [0.15, 0.2) is 18.2 Å². The number of halogens is 1. The lowest BCUT2D eigenvalue weighted by molar-refractivity contribution is -0.387. The van der Waals surface area contributed by atoms with Crippen LogP contribution in [-0.4, -0.2) is 25.1 Å². The highest BCUT2D eigenvalue weighted by molar-refractivity contribution is 7.90. The van der Waals surface area contributed by atoms with Gasteiger partial charge in [-0.15, -0.1) is 0 Å². The molecule has 0 aliphatic heterocycles. The molecular formula is C11H15FN2O4S. The molecule has 0 aliphatic rings. The number of nitrogens with two attached hydrogens (primary N) is 1. The Kier molecular flexibility index (Phi) is 4.96. The zero-order chi connectivity index (χ0) is 14.6. The van der Waals surface area contributed by atoms with E-state index in [-0.39, 0.29) is 23.8 Å².